The van der Waals surface area contributed by atoms with Crippen LogP contribution < -0.4 is 0 Å². The molecule has 0 aliphatic heterocycles. The molecule has 0 fully saturated rings. The van der Waals surface area contributed by atoms with Crippen LogP contribution in [0.2, 0.25) is 0 Å². The number of aliphatic hydroxyl groups excluding tert-OH is 2. The molecule has 0 aliphatic carbocycles. The van der Waals surface area contributed by atoms with Crippen molar-refractivity contribution >= 4 is 0 Å². The van der Waals surface area contributed by atoms with Crippen molar-refractivity contribution in [3.05, 3.63) is 29.3 Å². The van der Waals surface area contributed by atoms with Gasteiger partial charge in [0.1, 0.15) is 5.75 Å². The molecule has 0 unspecified atom stereocenters. The largest absolute Gasteiger partial charge is 0.508 e. The van der Waals surface area contributed by atoms with Crippen LogP contribution in [0.4, 0.5) is 0 Å². The standard InChI is InChI=1S/C17H29NO5/c1-2-3-4-5-6-13-7-8-15(19)14(9-13)10-18(11-16(20)21)12-17(22)23/h7-9,16-17,19-23H,2-6,10-12H2,1H3. The summed E-state index contributed by atoms with van der Waals surface area (Å²) in [6, 6.07) is 5.41. The number of aliphatic hydroxyl groups is 4. The molecule has 0 heterocycles. The third-order valence-corrected chi connectivity index (χ3v) is 3.70. The smallest absolute Gasteiger partial charge is 0.164 e. The first-order valence-corrected chi connectivity index (χ1v) is 8.17. The fraction of sp³-hybridized carbons (Fsp3) is 0.647. The molecule has 1 aromatic rings. The average Bonchev–Trinajstić information content (AvgIpc) is 2.45. The van der Waals surface area contributed by atoms with Gasteiger partial charge < -0.3 is 25.5 Å². The van der Waals surface area contributed by atoms with Gasteiger partial charge in [-0.15, -0.1) is 0 Å². The number of hydrogen-bond donors (Lipinski definition) is 5. The summed E-state index contributed by atoms with van der Waals surface area (Å²) in [6.07, 6.45) is 2.43. The van der Waals surface area contributed by atoms with Crippen LogP contribution >= 0.6 is 0 Å². The number of rotatable bonds is 11. The molecule has 0 radical (unpaired) electrons. The van der Waals surface area contributed by atoms with Gasteiger partial charge in [-0.25, -0.2) is 0 Å². The normalized spacial score (nSPS) is 11.8. The number of aryl methyl sites for hydroxylation is 1. The minimum atomic E-state index is -1.58. The minimum Gasteiger partial charge on any atom is -0.508 e. The quantitative estimate of drug-likeness (QED) is 0.306. The lowest BCUT2D eigenvalue weighted by Gasteiger charge is -2.24. The van der Waals surface area contributed by atoms with Gasteiger partial charge in [0.15, 0.2) is 12.6 Å². The molecule has 1 rings (SSSR count). The summed E-state index contributed by atoms with van der Waals surface area (Å²) in [4.78, 5) is 1.48. The Labute approximate surface area is 137 Å². The summed E-state index contributed by atoms with van der Waals surface area (Å²) in [5.74, 6) is 0.118. The Morgan fingerprint density at radius 1 is 0.957 bits per heavy atom. The average molecular weight is 327 g/mol. The maximum atomic E-state index is 9.99. The van der Waals surface area contributed by atoms with Gasteiger partial charge in [-0.3, -0.25) is 4.90 Å². The lowest BCUT2D eigenvalue weighted by molar-refractivity contribution is -0.0965. The lowest BCUT2D eigenvalue weighted by Crippen LogP contribution is -2.37. The zero-order valence-corrected chi connectivity index (χ0v) is 13.7. The zero-order valence-electron chi connectivity index (χ0n) is 13.7. The Kier molecular flexibility index (Phi) is 9.13. The van der Waals surface area contributed by atoms with Crippen LogP contribution in [0.25, 0.3) is 0 Å². The van der Waals surface area contributed by atoms with Crippen molar-refractivity contribution in [2.24, 2.45) is 0 Å². The van der Waals surface area contributed by atoms with E-state index in [0.29, 0.717) is 5.56 Å². The van der Waals surface area contributed by atoms with E-state index in [1.165, 1.54) is 24.2 Å². The number of phenols is 1. The summed E-state index contributed by atoms with van der Waals surface area (Å²) in [7, 11) is 0. The van der Waals surface area contributed by atoms with Crippen molar-refractivity contribution in [1.29, 1.82) is 0 Å². The van der Waals surface area contributed by atoms with Crippen molar-refractivity contribution in [1.82, 2.24) is 4.90 Å². The van der Waals surface area contributed by atoms with Gasteiger partial charge in [-0.05, 0) is 24.5 Å². The maximum absolute atomic E-state index is 9.99. The number of phenolic OH excluding ortho intramolecular Hbond substituents is 1. The van der Waals surface area contributed by atoms with E-state index in [0.717, 1.165) is 18.4 Å². The van der Waals surface area contributed by atoms with Crippen LogP contribution in [0.3, 0.4) is 0 Å². The van der Waals surface area contributed by atoms with E-state index in [1.54, 1.807) is 6.07 Å². The summed E-state index contributed by atoms with van der Waals surface area (Å²) in [5, 5.41) is 46.4. The second-order valence-corrected chi connectivity index (χ2v) is 5.93. The molecule has 6 nitrogen and oxygen atoms in total. The molecule has 0 saturated heterocycles. The summed E-state index contributed by atoms with van der Waals surface area (Å²) in [6.45, 7) is 2.12. The van der Waals surface area contributed by atoms with Crippen LogP contribution in [0.15, 0.2) is 18.2 Å². The minimum absolute atomic E-state index is 0.118. The Morgan fingerprint density at radius 3 is 2.17 bits per heavy atom. The fourth-order valence-corrected chi connectivity index (χ4v) is 2.58. The van der Waals surface area contributed by atoms with Crippen LogP contribution in [0, 0.1) is 0 Å². The third-order valence-electron chi connectivity index (χ3n) is 3.70. The van der Waals surface area contributed by atoms with Crippen LogP contribution in [0.1, 0.15) is 43.7 Å². The predicted molar refractivity (Wildman–Crippen MR) is 87.7 cm³/mol. The van der Waals surface area contributed by atoms with Gasteiger partial charge in [-0.1, -0.05) is 38.3 Å². The Morgan fingerprint density at radius 2 is 1.61 bits per heavy atom. The topological polar surface area (TPSA) is 104 Å². The van der Waals surface area contributed by atoms with E-state index in [-0.39, 0.29) is 25.4 Å². The predicted octanol–water partition coefficient (Wildman–Crippen LogP) is 0.938. The van der Waals surface area contributed by atoms with E-state index in [1.807, 2.05) is 12.1 Å². The highest BCUT2D eigenvalue weighted by atomic mass is 16.5. The molecule has 0 aromatic heterocycles. The van der Waals surface area contributed by atoms with Crippen molar-refractivity contribution in [2.75, 3.05) is 13.1 Å². The Bertz CT molecular complexity index is 441. The van der Waals surface area contributed by atoms with Gasteiger partial charge in [0.2, 0.25) is 0 Å². The number of benzene rings is 1. The summed E-state index contributed by atoms with van der Waals surface area (Å²) in [5.41, 5.74) is 1.75. The Balaban J connectivity index is 2.71. The number of nitrogens with zero attached hydrogens (tertiary/aromatic N) is 1. The van der Waals surface area contributed by atoms with Crippen LogP contribution in [0.5, 0.6) is 5.75 Å². The summed E-state index contributed by atoms with van der Waals surface area (Å²) >= 11 is 0. The van der Waals surface area contributed by atoms with Gasteiger partial charge >= 0.3 is 0 Å². The van der Waals surface area contributed by atoms with E-state index >= 15 is 0 Å². The van der Waals surface area contributed by atoms with E-state index in [4.69, 9.17) is 20.4 Å². The second kappa shape index (κ2) is 10.6. The fourth-order valence-electron chi connectivity index (χ4n) is 2.58. The number of aromatic hydroxyl groups is 1. The highest BCUT2D eigenvalue weighted by Gasteiger charge is 2.15. The molecule has 0 saturated carbocycles. The highest BCUT2D eigenvalue weighted by molar-refractivity contribution is 5.36. The molecule has 5 N–H and O–H groups in total. The molecule has 0 bridgehead atoms. The second-order valence-electron chi connectivity index (χ2n) is 5.93. The molecular weight excluding hydrogens is 298 g/mol. The molecular formula is C17H29NO5. The van der Waals surface area contributed by atoms with Crippen molar-refractivity contribution in [3.8, 4) is 5.75 Å². The van der Waals surface area contributed by atoms with Crippen LogP contribution in [-0.4, -0.2) is 56.1 Å². The monoisotopic (exact) mass is 327 g/mol. The molecule has 1 aromatic carbocycles. The van der Waals surface area contributed by atoms with Crippen molar-refractivity contribution in [2.45, 2.75) is 58.2 Å². The Hall–Kier alpha value is -1.18. The molecule has 132 valence electrons. The number of unbranched alkanes of at least 4 members (excludes halogenated alkanes) is 3. The first-order valence-electron chi connectivity index (χ1n) is 8.17. The van der Waals surface area contributed by atoms with Gasteiger partial charge in [0.25, 0.3) is 0 Å². The summed E-state index contributed by atoms with van der Waals surface area (Å²) < 4.78 is 0. The van der Waals surface area contributed by atoms with Crippen molar-refractivity contribution < 1.29 is 25.5 Å². The van der Waals surface area contributed by atoms with Gasteiger partial charge in [-0.2, -0.15) is 0 Å². The van der Waals surface area contributed by atoms with Crippen LogP contribution in [-0.2, 0) is 13.0 Å². The third kappa shape index (κ3) is 8.29. The van der Waals surface area contributed by atoms with Crippen molar-refractivity contribution in [3.63, 3.8) is 0 Å². The molecule has 0 amide bonds. The zero-order chi connectivity index (χ0) is 17.2. The van der Waals surface area contributed by atoms with Gasteiger partial charge in [0, 0.05) is 25.2 Å². The lowest BCUT2D eigenvalue weighted by atomic mass is 10.0. The first-order chi connectivity index (χ1) is 10.9. The maximum Gasteiger partial charge on any atom is 0.164 e. The van der Waals surface area contributed by atoms with E-state index in [9.17, 15) is 5.11 Å². The molecule has 0 aliphatic rings. The molecule has 6 heteroatoms. The van der Waals surface area contributed by atoms with E-state index < -0.39 is 12.6 Å². The SMILES string of the molecule is CCCCCCc1ccc(O)c(CN(CC(O)O)CC(O)O)c1. The molecule has 0 spiro atoms. The van der Waals surface area contributed by atoms with Gasteiger partial charge in [0.05, 0.1) is 0 Å². The van der Waals surface area contributed by atoms with E-state index in [2.05, 4.69) is 6.92 Å². The molecule has 23 heavy (non-hydrogen) atoms. The molecule has 0 atom stereocenters. The highest BCUT2D eigenvalue weighted by Crippen LogP contribution is 2.22. The number of hydrogen-bond acceptors (Lipinski definition) is 6. The first kappa shape index (κ1) is 19.9.